The van der Waals surface area contributed by atoms with Gasteiger partial charge in [-0.1, -0.05) is 212 Å². The second-order valence-electron chi connectivity index (χ2n) is 25.8. The number of benzene rings is 9. The number of hydrogen-bond donors (Lipinski definition) is 0. The molecule has 0 bridgehead atoms. The lowest BCUT2D eigenvalue weighted by Gasteiger charge is -2.35. The number of hydrogen-bond acceptors (Lipinski definition) is 3. The molecule has 0 spiro atoms. The minimum atomic E-state index is -0.214. The fourth-order valence-corrected chi connectivity index (χ4v) is 11.7. The van der Waals surface area contributed by atoms with Crippen LogP contribution in [-0.4, -0.2) is 0 Å². The van der Waals surface area contributed by atoms with Gasteiger partial charge in [-0.2, -0.15) is 0 Å². The summed E-state index contributed by atoms with van der Waals surface area (Å²) in [6.45, 7) is 32.3. The van der Waals surface area contributed by atoms with Crippen LogP contribution in [0.4, 0.5) is 51.2 Å². The normalized spacial score (nSPS) is 13.2. The third-order valence-electron chi connectivity index (χ3n) is 15.7. The Balaban J connectivity index is 1.25. The van der Waals surface area contributed by atoms with Gasteiger partial charge in [0, 0.05) is 45.1 Å². The number of anilines is 9. The zero-order valence-electron chi connectivity index (χ0n) is 47.8. The van der Waals surface area contributed by atoms with Crippen molar-refractivity contribution in [2.75, 3.05) is 14.7 Å². The van der Waals surface area contributed by atoms with E-state index in [0.717, 1.165) is 55.7 Å². The molecule has 0 atom stereocenters. The van der Waals surface area contributed by atoms with Crippen LogP contribution in [0.3, 0.4) is 0 Å². The van der Waals surface area contributed by atoms with Gasteiger partial charge in [0.2, 0.25) is 0 Å². The maximum atomic E-state index is 4.46. The van der Waals surface area contributed by atoms with Gasteiger partial charge in [0.15, 0.2) is 0 Å². The largest absolute Gasteiger partial charge is 0.310 e. The fraction of sp³-hybridized carbons (Fsp3) is 0.260. The molecule has 10 rings (SSSR count). The molecule has 0 unspecified atom stereocenters. The van der Waals surface area contributed by atoms with Crippen molar-refractivity contribution in [3.63, 3.8) is 0 Å². The molecule has 0 aliphatic heterocycles. The quantitative estimate of drug-likeness (QED) is 0.135. The average molecular weight is 1080 g/mol. The van der Waals surface area contributed by atoms with E-state index in [-0.39, 0.29) is 27.1 Å². The Morgan fingerprint density at radius 1 is 0.299 bits per heavy atom. The molecule has 9 aromatic carbocycles. The third-order valence-corrected chi connectivity index (χ3v) is 16.6. The molecule has 4 heteroatoms. The highest BCUT2D eigenvalue weighted by Gasteiger charge is 2.37. The van der Waals surface area contributed by atoms with Crippen molar-refractivity contribution in [1.29, 1.82) is 0 Å². The van der Waals surface area contributed by atoms with E-state index in [4.69, 9.17) is 0 Å². The summed E-state index contributed by atoms with van der Waals surface area (Å²) in [5.41, 5.74) is 21.9. The Kier molecular flexibility index (Phi) is 13.8. The molecule has 390 valence electrons. The highest BCUT2D eigenvalue weighted by atomic mass is 79.9. The van der Waals surface area contributed by atoms with Gasteiger partial charge >= 0.3 is 0 Å². The van der Waals surface area contributed by atoms with E-state index in [2.05, 4.69) is 334 Å². The Labute approximate surface area is 469 Å². The van der Waals surface area contributed by atoms with Crippen LogP contribution in [-0.2, 0) is 27.1 Å². The fourth-order valence-electron chi connectivity index (χ4n) is 11.1. The van der Waals surface area contributed by atoms with Crippen LogP contribution >= 0.6 is 15.9 Å². The van der Waals surface area contributed by atoms with E-state index >= 15 is 0 Å². The molecule has 3 nitrogen and oxygen atoms in total. The van der Waals surface area contributed by atoms with Crippen LogP contribution in [0.1, 0.15) is 130 Å². The van der Waals surface area contributed by atoms with Crippen LogP contribution in [0.15, 0.2) is 211 Å². The molecule has 9 aromatic rings. The lowest BCUT2D eigenvalue weighted by Crippen LogP contribution is -2.20. The topological polar surface area (TPSA) is 9.72 Å². The number of para-hydroxylation sites is 1. The molecule has 0 heterocycles. The molecular formula is C73H76BrN3. The number of halogens is 1. The Morgan fingerprint density at radius 2 is 0.701 bits per heavy atom. The van der Waals surface area contributed by atoms with Crippen molar-refractivity contribution in [1.82, 2.24) is 0 Å². The molecule has 0 saturated carbocycles. The summed E-state index contributed by atoms with van der Waals surface area (Å²) < 4.78 is 0.989. The van der Waals surface area contributed by atoms with E-state index < -0.39 is 0 Å². The zero-order chi connectivity index (χ0) is 54.8. The number of nitrogens with zero attached hydrogens (tertiary/aromatic N) is 3. The van der Waals surface area contributed by atoms with Gasteiger partial charge < -0.3 is 14.7 Å². The van der Waals surface area contributed by atoms with E-state index in [0.29, 0.717) is 0 Å². The minimum Gasteiger partial charge on any atom is -0.310 e. The maximum Gasteiger partial charge on any atom is 0.0657 e. The standard InChI is InChI=1S/C73H76BrN3/c1-69(2,3)50-32-37-55(38-33-50)75(56-39-34-51(35-40-56)70(4,5)6)66-45-53(72(10,11)12)46-67(68(66)74)77(59-41-42-61-60-30-21-22-31-63(60)73(13,14)64(61)48-59)58-29-23-28-57(47-58)76(54-26-19-16-20-27-54)65-43-36-52(71(7,8)9)44-62(65)49-24-17-15-18-25-49/h15-48H,1-14H3. The SMILES string of the molecule is CC(C)(C)c1ccc(N(c2ccc(C(C)(C)C)cc2)c2cc(C(C)(C)C)cc(N(c3cccc(N(c4ccccc4)c4ccc(C(C)(C)C)cc4-c4ccccc4)c3)c3ccc4c(c3)C(C)(C)c3ccccc3-4)c2Br)cc1. The monoisotopic (exact) mass is 1070 g/mol. The van der Waals surface area contributed by atoms with Crippen LogP contribution < -0.4 is 14.7 Å². The number of fused-ring (bicyclic) bond motifs is 3. The first kappa shape index (κ1) is 53.3. The van der Waals surface area contributed by atoms with Gasteiger partial charge in [-0.15, -0.1) is 0 Å². The predicted molar refractivity (Wildman–Crippen MR) is 336 cm³/mol. The van der Waals surface area contributed by atoms with E-state index in [9.17, 15) is 0 Å². The first-order chi connectivity index (χ1) is 36.4. The molecule has 0 fully saturated rings. The second kappa shape index (κ2) is 20.0. The van der Waals surface area contributed by atoms with E-state index in [1.807, 2.05) is 0 Å². The summed E-state index contributed by atoms with van der Waals surface area (Å²) in [6, 6.07) is 77.2. The molecule has 1 aliphatic rings. The molecule has 0 amide bonds. The highest BCUT2D eigenvalue weighted by Crippen LogP contribution is 2.54. The zero-order valence-corrected chi connectivity index (χ0v) is 49.4. The smallest absolute Gasteiger partial charge is 0.0657 e. The first-order valence-electron chi connectivity index (χ1n) is 27.4. The first-order valence-corrected chi connectivity index (χ1v) is 28.2. The summed E-state index contributed by atoms with van der Waals surface area (Å²) in [5, 5.41) is 0. The molecule has 0 saturated heterocycles. The Bertz CT molecular complexity index is 3520. The number of rotatable bonds is 10. The van der Waals surface area contributed by atoms with Crippen molar-refractivity contribution in [2.45, 2.75) is 124 Å². The second-order valence-corrected chi connectivity index (χ2v) is 26.6. The van der Waals surface area contributed by atoms with Crippen molar-refractivity contribution in [2.24, 2.45) is 0 Å². The highest BCUT2D eigenvalue weighted by molar-refractivity contribution is 9.10. The molecule has 1 aliphatic carbocycles. The summed E-state index contributed by atoms with van der Waals surface area (Å²) in [7, 11) is 0. The third kappa shape index (κ3) is 10.4. The van der Waals surface area contributed by atoms with Crippen molar-refractivity contribution in [3.8, 4) is 22.3 Å². The average Bonchev–Trinajstić information content (AvgIpc) is 3.82. The molecule has 0 radical (unpaired) electrons. The van der Waals surface area contributed by atoms with Crippen molar-refractivity contribution >= 4 is 67.1 Å². The van der Waals surface area contributed by atoms with Gasteiger partial charge in [-0.3, -0.25) is 0 Å². The van der Waals surface area contributed by atoms with E-state index in [1.165, 1.54) is 55.6 Å². The Morgan fingerprint density at radius 3 is 1.23 bits per heavy atom. The lowest BCUT2D eigenvalue weighted by molar-refractivity contribution is 0.589. The van der Waals surface area contributed by atoms with Gasteiger partial charge in [0.25, 0.3) is 0 Å². The van der Waals surface area contributed by atoms with E-state index in [1.54, 1.807) is 0 Å². The van der Waals surface area contributed by atoms with Crippen molar-refractivity contribution < 1.29 is 0 Å². The van der Waals surface area contributed by atoms with Crippen LogP contribution in [0.25, 0.3) is 22.3 Å². The molecule has 0 aromatic heterocycles. The molecular weight excluding hydrogens is 999 g/mol. The minimum absolute atomic E-state index is 0.00748. The van der Waals surface area contributed by atoms with Crippen molar-refractivity contribution in [3.05, 3.63) is 244 Å². The van der Waals surface area contributed by atoms with Gasteiger partial charge in [-0.05, 0) is 179 Å². The lowest BCUT2D eigenvalue weighted by atomic mass is 9.82. The summed E-state index contributed by atoms with van der Waals surface area (Å²) in [4.78, 5) is 7.39. The summed E-state index contributed by atoms with van der Waals surface area (Å²) in [5.74, 6) is 0. The van der Waals surface area contributed by atoms with Gasteiger partial charge in [0.1, 0.15) is 0 Å². The van der Waals surface area contributed by atoms with Crippen LogP contribution in [0.5, 0.6) is 0 Å². The van der Waals surface area contributed by atoms with Crippen LogP contribution in [0, 0.1) is 0 Å². The summed E-state index contributed by atoms with van der Waals surface area (Å²) >= 11 is 4.46. The van der Waals surface area contributed by atoms with Crippen LogP contribution in [0.2, 0.25) is 0 Å². The summed E-state index contributed by atoms with van der Waals surface area (Å²) in [6.07, 6.45) is 0. The van der Waals surface area contributed by atoms with Gasteiger partial charge in [-0.25, -0.2) is 0 Å². The molecule has 77 heavy (non-hydrogen) atoms. The van der Waals surface area contributed by atoms with Gasteiger partial charge in [0.05, 0.1) is 21.5 Å². The predicted octanol–water partition coefficient (Wildman–Crippen LogP) is 22.0. The Hall–Kier alpha value is -7.14. The molecule has 0 N–H and O–H groups in total. The maximum absolute atomic E-state index is 4.46.